The maximum absolute atomic E-state index is 6.17. The molecule has 0 saturated heterocycles. The van der Waals surface area contributed by atoms with E-state index in [0.29, 0.717) is 23.9 Å². The van der Waals surface area contributed by atoms with Gasteiger partial charge in [0, 0.05) is 12.7 Å². The van der Waals surface area contributed by atoms with Gasteiger partial charge in [0.25, 0.3) is 0 Å². The number of halogens is 2. The highest BCUT2D eigenvalue weighted by Crippen LogP contribution is 2.24. The number of ether oxygens (including phenoxy) is 1. The normalized spacial score (nSPS) is 12.0. The molecule has 0 spiro atoms. The Morgan fingerprint density at radius 2 is 1.92 bits per heavy atom. The molecule has 142 valence electrons. The Hall–Kier alpha value is -1.54. The van der Waals surface area contributed by atoms with Crippen molar-refractivity contribution in [2.24, 2.45) is 4.99 Å². The van der Waals surface area contributed by atoms with Crippen LogP contribution in [0.3, 0.4) is 0 Å². The van der Waals surface area contributed by atoms with Crippen LogP contribution in [0, 0.1) is 0 Å². The molecule has 0 saturated carbocycles. The summed E-state index contributed by atoms with van der Waals surface area (Å²) in [7, 11) is 0. The molecule has 1 atom stereocenters. The van der Waals surface area contributed by atoms with Crippen molar-refractivity contribution < 1.29 is 4.74 Å². The van der Waals surface area contributed by atoms with Gasteiger partial charge < -0.3 is 15.4 Å². The SMILES string of the molecule is CCNC(=NCc1ccccn1)NCC(CC)Oc1ccccc1Cl.I. The van der Waals surface area contributed by atoms with Crippen LogP contribution in [0.25, 0.3) is 0 Å². The standard InChI is InChI=1S/C19H25ClN4O.HI/c1-3-16(25-18-11-6-5-10-17(18)20)14-24-19(21-4-2)23-13-15-9-7-8-12-22-15;/h5-12,16H,3-4,13-14H2,1-2H3,(H2,21,23,24);1H. The highest BCUT2D eigenvalue weighted by Gasteiger charge is 2.11. The van der Waals surface area contributed by atoms with Gasteiger partial charge in [-0.2, -0.15) is 0 Å². The smallest absolute Gasteiger partial charge is 0.191 e. The molecule has 1 unspecified atom stereocenters. The van der Waals surface area contributed by atoms with E-state index >= 15 is 0 Å². The van der Waals surface area contributed by atoms with E-state index < -0.39 is 0 Å². The van der Waals surface area contributed by atoms with Gasteiger partial charge in [0.2, 0.25) is 0 Å². The van der Waals surface area contributed by atoms with Crippen molar-refractivity contribution in [2.75, 3.05) is 13.1 Å². The van der Waals surface area contributed by atoms with Gasteiger partial charge in [0.05, 0.1) is 23.8 Å². The molecule has 0 aliphatic heterocycles. The molecule has 5 nitrogen and oxygen atoms in total. The molecule has 0 radical (unpaired) electrons. The van der Waals surface area contributed by atoms with Crippen LogP contribution in [0.5, 0.6) is 5.75 Å². The summed E-state index contributed by atoms with van der Waals surface area (Å²) < 4.78 is 6.00. The number of hydrogen-bond acceptors (Lipinski definition) is 3. The highest BCUT2D eigenvalue weighted by molar-refractivity contribution is 14.0. The Labute approximate surface area is 177 Å². The lowest BCUT2D eigenvalue weighted by atomic mass is 10.2. The predicted molar refractivity (Wildman–Crippen MR) is 119 cm³/mol. The number of aromatic nitrogens is 1. The molecule has 2 rings (SSSR count). The van der Waals surface area contributed by atoms with Crippen LogP contribution in [-0.4, -0.2) is 30.1 Å². The van der Waals surface area contributed by atoms with E-state index in [2.05, 4.69) is 27.5 Å². The fourth-order valence-corrected chi connectivity index (χ4v) is 2.37. The molecule has 0 aliphatic carbocycles. The molecule has 2 aromatic rings. The number of nitrogens with one attached hydrogen (secondary N) is 2. The molecule has 1 aromatic carbocycles. The van der Waals surface area contributed by atoms with Gasteiger partial charge in [0.15, 0.2) is 5.96 Å². The van der Waals surface area contributed by atoms with Crippen LogP contribution in [0.15, 0.2) is 53.7 Å². The summed E-state index contributed by atoms with van der Waals surface area (Å²) in [5.41, 5.74) is 0.930. The third-order valence-electron chi connectivity index (χ3n) is 3.55. The summed E-state index contributed by atoms with van der Waals surface area (Å²) in [4.78, 5) is 8.85. The van der Waals surface area contributed by atoms with Crippen molar-refractivity contribution >= 4 is 41.5 Å². The van der Waals surface area contributed by atoms with E-state index in [1.165, 1.54) is 0 Å². The monoisotopic (exact) mass is 488 g/mol. The molecule has 1 heterocycles. The summed E-state index contributed by atoms with van der Waals surface area (Å²) >= 11 is 6.17. The second kappa shape index (κ2) is 12.8. The molecule has 1 aromatic heterocycles. The third-order valence-corrected chi connectivity index (χ3v) is 3.86. The highest BCUT2D eigenvalue weighted by atomic mass is 127. The van der Waals surface area contributed by atoms with E-state index in [4.69, 9.17) is 16.3 Å². The Bertz CT molecular complexity index is 670. The Balaban J connectivity index is 0.00000338. The number of aliphatic imine (C=N–C) groups is 1. The summed E-state index contributed by atoms with van der Waals surface area (Å²) in [5.74, 6) is 1.45. The zero-order valence-electron chi connectivity index (χ0n) is 15.1. The molecular formula is C19H26ClIN4O. The first kappa shape index (κ1) is 22.5. The second-order valence-electron chi connectivity index (χ2n) is 5.48. The lowest BCUT2D eigenvalue weighted by Crippen LogP contribution is -2.42. The molecule has 0 bridgehead atoms. The Morgan fingerprint density at radius 3 is 2.58 bits per heavy atom. The maximum atomic E-state index is 6.17. The van der Waals surface area contributed by atoms with Crippen molar-refractivity contribution in [3.05, 3.63) is 59.4 Å². The Kier molecular flexibility index (Phi) is 11.0. The fraction of sp³-hybridized carbons (Fsp3) is 0.368. The van der Waals surface area contributed by atoms with E-state index in [1.807, 2.05) is 49.4 Å². The van der Waals surface area contributed by atoms with Crippen LogP contribution < -0.4 is 15.4 Å². The van der Waals surface area contributed by atoms with Gasteiger partial charge in [-0.05, 0) is 37.6 Å². The zero-order chi connectivity index (χ0) is 17.9. The molecule has 0 fully saturated rings. The number of rotatable bonds is 8. The third kappa shape index (κ3) is 7.78. The lowest BCUT2D eigenvalue weighted by molar-refractivity contribution is 0.199. The van der Waals surface area contributed by atoms with Crippen molar-refractivity contribution in [3.8, 4) is 5.75 Å². The van der Waals surface area contributed by atoms with Crippen LogP contribution >= 0.6 is 35.6 Å². The molecule has 7 heteroatoms. The van der Waals surface area contributed by atoms with E-state index in [0.717, 1.165) is 24.6 Å². The van der Waals surface area contributed by atoms with Gasteiger partial charge in [-0.3, -0.25) is 4.98 Å². The first-order chi connectivity index (χ1) is 12.2. The number of para-hydroxylation sites is 1. The largest absolute Gasteiger partial charge is 0.487 e. The van der Waals surface area contributed by atoms with E-state index in [9.17, 15) is 0 Å². The summed E-state index contributed by atoms with van der Waals surface area (Å²) in [6.45, 7) is 6.07. The average Bonchev–Trinajstić information content (AvgIpc) is 2.65. The maximum Gasteiger partial charge on any atom is 0.191 e. The van der Waals surface area contributed by atoms with Crippen molar-refractivity contribution in [3.63, 3.8) is 0 Å². The van der Waals surface area contributed by atoms with Crippen LogP contribution in [0.1, 0.15) is 26.0 Å². The van der Waals surface area contributed by atoms with Gasteiger partial charge >= 0.3 is 0 Å². The molecule has 26 heavy (non-hydrogen) atoms. The average molecular weight is 489 g/mol. The van der Waals surface area contributed by atoms with Gasteiger partial charge in [-0.25, -0.2) is 4.99 Å². The first-order valence-corrected chi connectivity index (χ1v) is 8.94. The lowest BCUT2D eigenvalue weighted by Gasteiger charge is -2.20. The number of pyridine rings is 1. The fourth-order valence-electron chi connectivity index (χ4n) is 2.19. The molecular weight excluding hydrogens is 463 g/mol. The first-order valence-electron chi connectivity index (χ1n) is 8.56. The predicted octanol–water partition coefficient (Wildman–Crippen LogP) is 4.27. The topological polar surface area (TPSA) is 58.5 Å². The summed E-state index contributed by atoms with van der Waals surface area (Å²) in [6.07, 6.45) is 2.63. The zero-order valence-corrected chi connectivity index (χ0v) is 18.2. The van der Waals surface area contributed by atoms with Crippen molar-refractivity contribution in [1.82, 2.24) is 15.6 Å². The second-order valence-corrected chi connectivity index (χ2v) is 5.88. The molecule has 0 amide bonds. The van der Waals surface area contributed by atoms with Crippen LogP contribution in [0.4, 0.5) is 0 Å². The van der Waals surface area contributed by atoms with Gasteiger partial charge in [0.1, 0.15) is 11.9 Å². The molecule has 2 N–H and O–H groups in total. The molecule has 0 aliphatic rings. The van der Waals surface area contributed by atoms with Crippen molar-refractivity contribution in [2.45, 2.75) is 32.9 Å². The number of hydrogen-bond donors (Lipinski definition) is 2. The van der Waals surface area contributed by atoms with E-state index in [-0.39, 0.29) is 30.1 Å². The summed E-state index contributed by atoms with van der Waals surface area (Å²) in [5, 5.41) is 7.18. The van der Waals surface area contributed by atoms with Crippen molar-refractivity contribution in [1.29, 1.82) is 0 Å². The van der Waals surface area contributed by atoms with Gasteiger partial charge in [-0.1, -0.05) is 36.7 Å². The number of benzene rings is 1. The van der Waals surface area contributed by atoms with Crippen LogP contribution in [-0.2, 0) is 6.54 Å². The Morgan fingerprint density at radius 1 is 1.15 bits per heavy atom. The quantitative estimate of drug-likeness (QED) is 0.331. The minimum atomic E-state index is -0.00129. The summed E-state index contributed by atoms with van der Waals surface area (Å²) in [6, 6.07) is 13.3. The van der Waals surface area contributed by atoms with E-state index in [1.54, 1.807) is 6.20 Å². The van der Waals surface area contributed by atoms with Crippen LogP contribution in [0.2, 0.25) is 5.02 Å². The number of nitrogens with zero attached hydrogens (tertiary/aromatic N) is 2. The minimum Gasteiger partial charge on any atom is -0.487 e. The van der Waals surface area contributed by atoms with Gasteiger partial charge in [-0.15, -0.1) is 24.0 Å². The number of guanidine groups is 1. The minimum absolute atomic E-state index is 0.